The Morgan fingerprint density at radius 3 is 2.50 bits per heavy atom. The molecule has 0 bridgehead atoms. The molecule has 146 valence electrons. The normalized spacial score (nSPS) is 18.7. The Bertz CT molecular complexity index is 690. The lowest BCUT2D eigenvalue weighted by atomic mass is 10.2. The molecule has 1 fully saturated rings. The molecular formula is C18H29N3O3S2. The van der Waals surface area contributed by atoms with Crippen molar-refractivity contribution in [3.63, 3.8) is 0 Å². The number of thiocarbonyl (C=S) groups is 1. The summed E-state index contributed by atoms with van der Waals surface area (Å²) in [5, 5.41) is 3.83. The Kier molecular flexibility index (Phi) is 7.67. The zero-order chi connectivity index (χ0) is 19.2. The number of rotatable bonds is 8. The quantitative estimate of drug-likeness (QED) is 0.673. The highest BCUT2D eigenvalue weighted by Crippen LogP contribution is 2.21. The summed E-state index contributed by atoms with van der Waals surface area (Å²) in [4.78, 5) is 4.16. The largest absolute Gasteiger partial charge is 0.494 e. The summed E-state index contributed by atoms with van der Waals surface area (Å²) in [6, 6.07) is 7.57. The number of nitrogens with one attached hydrogen (secondary N) is 1. The van der Waals surface area contributed by atoms with E-state index in [9.17, 15) is 8.42 Å². The molecule has 1 atom stereocenters. The predicted octanol–water partition coefficient (Wildman–Crippen LogP) is 2.22. The van der Waals surface area contributed by atoms with Crippen molar-refractivity contribution in [3.8, 4) is 5.75 Å². The van der Waals surface area contributed by atoms with Gasteiger partial charge < -0.3 is 19.9 Å². The minimum absolute atomic E-state index is 0.0511. The van der Waals surface area contributed by atoms with E-state index in [2.05, 4.69) is 10.2 Å². The molecule has 0 aliphatic carbocycles. The summed E-state index contributed by atoms with van der Waals surface area (Å²) in [7, 11) is 1.10. The SMILES string of the molecule is CCOc1ccc(NC(=S)N(CCCN(C)C)[C@H]2CCS(=O)(=O)C2)cc1. The maximum absolute atomic E-state index is 11.9. The second-order valence-corrected chi connectivity index (χ2v) is 9.41. The van der Waals surface area contributed by atoms with Crippen LogP contribution in [0.3, 0.4) is 0 Å². The summed E-state index contributed by atoms with van der Waals surface area (Å²) in [5.74, 6) is 1.24. The molecule has 8 heteroatoms. The van der Waals surface area contributed by atoms with E-state index in [-0.39, 0.29) is 17.5 Å². The van der Waals surface area contributed by atoms with Gasteiger partial charge in [-0.05, 0) is 76.9 Å². The molecule has 0 saturated carbocycles. The summed E-state index contributed by atoms with van der Waals surface area (Å²) < 4.78 is 29.2. The lowest BCUT2D eigenvalue weighted by Gasteiger charge is -2.31. The van der Waals surface area contributed by atoms with Gasteiger partial charge >= 0.3 is 0 Å². The molecule has 1 aliphatic rings. The second-order valence-electron chi connectivity index (χ2n) is 6.79. The molecule has 6 nitrogen and oxygen atoms in total. The summed E-state index contributed by atoms with van der Waals surface area (Å²) in [5.41, 5.74) is 0.872. The molecule has 26 heavy (non-hydrogen) atoms. The zero-order valence-electron chi connectivity index (χ0n) is 15.8. The number of ether oxygens (including phenoxy) is 1. The third-order valence-corrected chi connectivity index (χ3v) is 6.42. The minimum Gasteiger partial charge on any atom is -0.494 e. The molecule has 1 heterocycles. The van der Waals surface area contributed by atoms with Gasteiger partial charge in [0.2, 0.25) is 0 Å². The van der Waals surface area contributed by atoms with Crippen molar-refractivity contribution in [1.29, 1.82) is 0 Å². The van der Waals surface area contributed by atoms with Gasteiger partial charge in [0.25, 0.3) is 0 Å². The van der Waals surface area contributed by atoms with Crippen LogP contribution < -0.4 is 10.1 Å². The van der Waals surface area contributed by atoms with Gasteiger partial charge in [-0.2, -0.15) is 0 Å². The van der Waals surface area contributed by atoms with Crippen LogP contribution in [0.15, 0.2) is 24.3 Å². The van der Waals surface area contributed by atoms with Crippen molar-refractivity contribution in [2.75, 3.05) is 50.6 Å². The fourth-order valence-electron chi connectivity index (χ4n) is 3.02. The van der Waals surface area contributed by atoms with E-state index in [4.69, 9.17) is 17.0 Å². The Hall–Kier alpha value is -1.38. The van der Waals surface area contributed by atoms with Gasteiger partial charge in [0.15, 0.2) is 14.9 Å². The molecule has 1 saturated heterocycles. The van der Waals surface area contributed by atoms with Gasteiger partial charge in [-0.25, -0.2) is 8.42 Å². The zero-order valence-corrected chi connectivity index (χ0v) is 17.4. The van der Waals surface area contributed by atoms with Crippen molar-refractivity contribution in [1.82, 2.24) is 9.80 Å². The fourth-order valence-corrected chi connectivity index (χ4v) is 5.11. The highest BCUT2D eigenvalue weighted by Gasteiger charge is 2.33. The lowest BCUT2D eigenvalue weighted by Crippen LogP contribution is -2.44. The summed E-state index contributed by atoms with van der Waals surface area (Å²) in [6.07, 6.45) is 1.56. The Balaban J connectivity index is 2.03. The van der Waals surface area contributed by atoms with Crippen molar-refractivity contribution in [2.24, 2.45) is 0 Å². The first-order chi connectivity index (χ1) is 12.3. The average Bonchev–Trinajstić information content (AvgIpc) is 2.93. The molecular weight excluding hydrogens is 370 g/mol. The highest BCUT2D eigenvalue weighted by atomic mass is 32.2. The molecule has 0 radical (unpaired) electrons. The van der Waals surface area contributed by atoms with Gasteiger partial charge in [-0.15, -0.1) is 0 Å². The molecule has 1 aromatic carbocycles. The number of sulfone groups is 1. The number of hydrogen-bond acceptors (Lipinski definition) is 5. The number of anilines is 1. The first-order valence-corrected chi connectivity index (χ1v) is 11.2. The number of hydrogen-bond donors (Lipinski definition) is 1. The molecule has 1 aromatic rings. The van der Waals surface area contributed by atoms with E-state index in [1.807, 2.05) is 50.2 Å². The third-order valence-electron chi connectivity index (χ3n) is 4.33. The topological polar surface area (TPSA) is 61.9 Å². The third kappa shape index (κ3) is 6.41. The second kappa shape index (κ2) is 9.53. The van der Waals surface area contributed by atoms with Crippen LogP contribution in [0.4, 0.5) is 5.69 Å². The maximum Gasteiger partial charge on any atom is 0.173 e. The first-order valence-electron chi connectivity index (χ1n) is 8.96. The van der Waals surface area contributed by atoms with E-state index in [1.165, 1.54) is 0 Å². The Morgan fingerprint density at radius 1 is 1.27 bits per heavy atom. The van der Waals surface area contributed by atoms with Gasteiger partial charge in [-0.3, -0.25) is 0 Å². The van der Waals surface area contributed by atoms with Crippen molar-refractivity contribution in [2.45, 2.75) is 25.8 Å². The van der Waals surface area contributed by atoms with E-state index in [1.54, 1.807) is 0 Å². The molecule has 0 aromatic heterocycles. The maximum atomic E-state index is 11.9. The van der Waals surface area contributed by atoms with Gasteiger partial charge in [0.1, 0.15) is 5.75 Å². The van der Waals surface area contributed by atoms with Crippen LogP contribution in [0.2, 0.25) is 0 Å². The molecule has 0 amide bonds. The Morgan fingerprint density at radius 2 is 1.96 bits per heavy atom. The van der Waals surface area contributed by atoms with Crippen LogP contribution in [0, 0.1) is 0 Å². The van der Waals surface area contributed by atoms with E-state index >= 15 is 0 Å². The smallest absolute Gasteiger partial charge is 0.173 e. The van der Waals surface area contributed by atoms with E-state index in [0.717, 1.165) is 30.9 Å². The van der Waals surface area contributed by atoms with Crippen LogP contribution in [-0.4, -0.2) is 74.7 Å². The van der Waals surface area contributed by atoms with Crippen LogP contribution in [0.25, 0.3) is 0 Å². The summed E-state index contributed by atoms with van der Waals surface area (Å²) in [6.45, 7) is 4.24. The molecule has 1 aliphatic heterocycles. The monoisotopic (exact) mass is 399 g/mol. The van der Waals surface area contributed by atoms with Gasteiger partial charge in [0, 0.05) is 18.3 Å². The highest BCUT2D eigenvalue weighted by molar-refractivity contribution is 7.91. The standard InChI is InChI=1S/C18H29N3O3S2/c1-4-24-17-8-6-15(7-9-17)19-18(25)21(12-5-11-20(2)3)16-10-13-26(22,23)14-16/h6-9,16H,4-5,10-14H2,1-3H3,(H,19,25)/t16-/m0/s1. The van der Waals surface area contributed by atoms with Crippen LogP contribution >= 0.6 is 12.2 Å². The number of nitrogens with zero attached hydrogens (tertiary/aromatic N) is 2. The van der Waals surface area contributed by atoms with Crippen molar-refractivity contribution < 1.29 is 13.2 Å². The van der Waals surface area contributed by atoms with Gasteiger partial charge in [-0.1, -0.05) is 0 Å². The van der Waals surface area contributed by atoms with Crippen molar-refractivity contribution >= 4 is 32.9 Å². The number of benzene rings is 1. The lowest BCUT2D eigenvalue weighted by molar-refractivity contribution is 0.306. The molecule has 1 N–H and O–H groups in total. The minimum atomic E-state index is -2.96. The van der Waals surface area contributed by atoms with Gasteiger partial charge in [0.05, 0.1) is 18.1 Å². The molecule has 0 unspecified atom stereocenters. The van der Waals surface area contributed by atoms with Crippen LogP contribution in [0.5, 0.6) is 5.75 Å². The predicted molar refractivity (Wildman–Crippen MR) is 111 cm³/mol. The molecule has 2 rings (SSSR count). The summed E-state index contributed by atoms with van der Waals surface area (Å²) >= 11 is 5.61. The van der Waals surface area contributed by atoms with E-state index in [0.29, 0.717) is 18.1 Å². The molecule has 0 spiro atoms. The Labute approximate surface area is 162 Å². The average molecular weight is 400 g/mol. The fraction of sp³-hybridized carbons (Fsp3) is 0.611. The van der Waals surface area contributed by atoms with Crippen LogP contribution in [-0.2, 0) is 9.84 Å². The van der Waals surface area contributed by atoms with E-state index < -0.39 is 9.84 Å². The first kappa shape index (κ1) is 20.9. The van der Waals surface area contributed by atoms with Crippen LogP contribution in [0.1, 0.15) is 19.8 Å². The van der Waals surface area contributed by atoms with Crippen molar-refractivity contribution in [3.05, 3.63) is 24.3 Å².